The number of thiophene rings is 1. The van der Waals surface area contributed by atoms with Crippen molar-refractivity contribution in [3.63, 3.8) is 0 Å². The minimum absolute atomic E-state index is 0.123. The van der Waals surface area contributed by atoms with E-state index in [1.807, 2.05) is 23.3 Å². The van der Waals surface area contributed by atoms with E-state index in [0.29, 0.717) is 13.1 Å². The smallest absolute Gasteiger partial charge is 0.263 e. The third-order valence-electron chi connectivity index (χ3n) is 3.67. The normalized spacial score (nSPS) is 18.1. The molecule has 102 valence electrons. The topological polar surface area (TPSA) is 44.1 Å². The van der Waals surface area contributed by atoms with Crippen LogP contribution in [0.3, 0.4) is 0 Å². The summed E-state index contributed by atoms with van der Waals surface area (Å²) in [5, 5.41) is 9.25. The molecule has 1 aromatic rings. The van der Waals surface area contributed by atoms with Gasteiger partial charge in [-0.2, -0.15) is 5.26 Å². The summed E-state index contributed by atoms with van der Waals surface area (Å²) in [5.41, 5.74) is 0. The lowest BCUT2D eigenvalue weighted by Crippen LogP contribution is -2.44. The number of amides is 1. The Labute approximate surface area is 122 Å². The molecule has 2 rings (SSSR count). The molecule has 1 amide bonds. The Hall–Kier alpha value is -0.990. The fourth-order valence-corrected chi connectivity index (χ4v) is 3.87. The van der Waals surface area contributed by atoms with Crippen LogP contribution in [0, 0.1) is 11.3 Å². The highest BCUT2D eigenvalue weighted by Crippen LogP contribution is 2.34. The molecule has 1 fully saturated rings. The molecule has 2 heterocycles. The molecule has 19 heavy (non-hydrogen) atoms. The predicted molar refractivity (Wildman–Crippen MR) is 80.7 cm³/mol. The lowest BCUT2D eigenvalue weighted by molar-refractivity contribution is 0.0721. The van der Waals surface area contributed by atoms with Crippen LogP contribution in [0.5, 0.6) is 0 Å². The zero-order valence-corrected chi connectivity index (χ0v) is 12.9. The quantitative estimate of drug-likeness (QED) is 0.860. The maximum absolute atomic E-state index is 12.4. The van der Waals surface area contributed by atoms with Crippen molar-refractivity contribution in [3.05, 3.63) is 21.9 Å². The van der Waals surface area contributed by atoms with Crippen molar-refractivity contribution >= 4 is 29.0 Å². The molecule has 1 aliphatic heterocycles. The standard InChI is InChI=1S/C14H18N2OS2/c1-3-11-4-5-12(19-11)13(17)16-8-6-14(10-15,18-2)7-9-16/h4-5H,3,6-9H2,1-2H3. The number of piperidine rings is 1. The van der Waals surface area contributed by atoms with E-state index in [9.17, 15) is 10.1 Å². The van der Waals surface area contributed by atoms with Crippen molar-refractivity contribution in [2.24, 2.45) is 0 Å². The number of nitriles is 1. The molecule has 0 saturated carbocycles. The Bertz CT molecular complexity index is 496. The minimum Gasteiger partial charge on any atom is -0.338 e. The summed E-state index contributed by atoms with van der Waals surface area (Å²) in [4.78, 5) is 16.3. The molecule has 0 aliphatic carbocycles. The van der Waals surface area contributed by atoms with Crippen LogP contribution in [0.2, 0.25) is 0 Å². The van der Waals surface area contributed by atoms with Crippen LogP contribution in [0.25, 0.3) is 0 Å². The Morgan fingerprint density at radius 2 is 2.21 bits per heavy atom. The van der Waals surface area contributed by atoms with Crippen molar-refractivity contribution in [2.75, 3.05) is 19.3 Å². The average Bonchev–Trinajstić information content (AvgIpc) is 2.95. The molecule has 0 radical (unpaired) electrons. The highest BCUT2D eigenvalue weighted by Gasteiger charge is 2.35. The van der Waals surface area contributed by atoms with Crippen LogP contribution >= 0.6 is 23.1 Å². The lowest BCUT2D eigenvalue weighted by Gasteiger charge is -2.35. The third-order valence-corrected chi connectivity index (χ3v) is 6.17. The second kappa shape index (κ2) is 5.98. The Morgan fingerprint density at radius 1 is 1.53 bits per heavy atom. The van der Waals surface area contributed by atoms with Gasteiger partial charge in [-0.3, -0.25) is 4.79 Å². The molecule has 0 bridgehead atoms. The van der Waals surface area contributed by atoms with Gasteiger partial charge in [0.05, 0.1) is 10.9 Å². The Kier molecular flexibility index (Phi) is 4.54. The predicted octanol–water partition coefficient (Wildman–Crippen LogP) is 3.17. The molecular formula is C14H18N2OS2. The van der Waals surface area contributed by atoms with E-state index in [4.69, 9.17) is 0 Å². The van der Waals surface area contributed by atoms with E-state index in [1.165, 1.54) is 4.88 Å². The molecule has 0 aromatic carbocycles. The minimum atomic E-state index is -0.291. The van der Waals surface area contributed by atoms with Crippen molar-refractivity contribution in [2.45, 2.75) is 30.9 Å². The van der Waals surface area contributed by atoms with Gasteiger partial charge < -0.3 is 4.90 Å². The molecule has 0 unspecified atom stereocenters. The van der Waals surface area contributed by atoms with E-state index in [2.05, 4.69) is 13.0 Å². The lowest BCUT2D eigenvalue weighted by atomic mass is 9.97. The first kappa shape index (κ1) is 14.4. The number of likely N-dealkylation sites (tertiary alicyclic amines) is 1. The molecule has 1 saturated heterocycles. The first-order chi connectivity index (χ1) is 9.14. The summed E-state index contributed by atoms with van der Waals surface area (Å²) in [6.07, 6.45) is 4.49. The van der Waals surface area contributed by atoms with Gasteiger partial charge in [-0.1, -0.05) is 6.92 Å². The van der Waals surface area contributed by atoms with Gasteiger partial charge in [0.2, 0.25) is 0 Å². The summed E-state index contributed by atoms with van der Waals surface area (Å²) in [6, 6.07) is 6.36. The van der Waals surface area contributed by atoms with Crippen LogP contribution in [-0.4, -0.2) is 34.9 Å². The first-order valence-electron chi connectivity index (χ1n) is 6.48. The van der Waals surface area contributed by atoms with Gasteiger partial charge in [0.25, 0.3) is 5.91 Å². The van der Waals surface area contributed by atoms with E-state index in [0.717, 1.165) is 24.1 Å². The fraction of sp³-hybridized carbons (Fsp3) is 0.571. The number of hydrogen-bond donors (Lipinski definition) is 0. The molecule has 3 nitrogen and oxygen atoms in total. The van der Waals surface area contributed by atoms with Gasteiger partial charge in [-0.25, -0.2) is 0 Å². The molecule has 1 aromatic heterocycles. The third kappa shape index (κ3) is 2.96. The van der Waals surface area contributed by atoms with Crippen LogP contribution in [0.15, 0.2) is 12.1 Å². The summed E-state index contributed by atoms with van der Waals surface area (Å²) in [6.45, 7) is 3.47. The van der Waals surface area contributed by atoms with Crippen LogP contribution in [-0.2, 0) is 6.42 Å². The first-order valence-corrected chi connectivity index (χ1v) is 8.52. The highest BCUT2D eigenvalue weighted by atomic mass is 32.2. The summed E-state index contributed by atoms with van der Waals surface area (Å²) in [5.74, 6) is 0.123. The van der Waals surface area contributed by atoms with E-state index in [1.54, 1.807) is 23.1 Å². The SMILES string of the molecule is CCc1ccc(C(=O)N2CCC(C#N)(SC)CC2)s1. The van der Waals surface area contributed by atoms with Crippen LogP contribution in [0.4, 0.5) is 0 Å². The highest BCUT2D eigenvalue weighted by molar-refractivity contribution is 8.00. The Morgan fingerprint density at radius 3 is 2.68 bits per heavy atom. The van der Waals surface area contributed by atoms with E-state index < -0.39 is 0 Å². The molecule has 5 heteroatoms. The molecule has 0 N–H and O–H groups in total. The number of carbonyl (C=O) groups is 1. The molecule has 0 atom stereocenters. The molecule has 1 aliphatic rings. The number of nitrogens with zero attached hydrogens (tertiary/aromatic N) is 2. The Balaban J connectivity index is 2.02. The van der Waals surface area contributed by atoms with Gasteiger partial charge in [0, 0.05) is 18.0 Å². The monoisotopic (exact) mass is 294 g/mol. The van der Waals surface area contributed by atoms with Gasteiger partial charge in [-0.15, -0.1) is 23.1 Å². The number of rotatable bonds is 3. The van der Waals surface area contributed by atoms with Gasteiger partial charge >= 0.3 is 0 Å². The van der Waals surface area contributed by atoms with Crippen molar-refractivity contribution in [1.82, 2.24) is 4.90 Å². The van der Waals surface area contributed by atoms with E-state index >= 15 is 0 Å². The number of carbonyl (C=O) groups excluding carboxylic acids is 1. The van der Waals surface area contributed by atoms with Gasteiger partial charge in [0.15, 0.2) is 0 Å². The van der Waals surface area contributed by atoms with E-state index in [-0.39, 0.29) is 10.7 Å². The van der Waals surface area contributed by atoms with Crippen LogP contribution < -0.4 is 0 Å². The maximum Gasteiger partial charge on any atom is 0.263 e. The summed E-state index contributed by atoms with van der Waals surface area (Å²) in [7, 11) is 0. The zero-order chi connectivity index (χ0) is 13.9. The van der Waals surface area contributed by atoms with Gasteiger partial charge in [-0.05, 0) is 37.7 Å². The molecule has 0 spiro atoms. The van der Waals surface area contributed by atoms with Crippen molar-refractivity contribution in [3.8, 4) is 6.07 Å². The second-order valence-electron chi connectivity index (χ2n) is 4.72. The van der Waals surface area contributed by atoms with Gasteiger partial charge in [0.1, 0.15) is 4.75 Å². The number of hydrogen-bond acceptors (Lipinski definition) is 4. The average molecular weight is 294 g/mol. The van der Waals surface area contributed by atoms with Crippen molar-refractivity contribution in [1.29, 1.82) is 5.26 Å². The summed E-state index contributed by atoms with van der Waals surface area (Å²) < 4.78 is -0.291. The fourth-order valence-electron chi connectivity index (χ4n) is 2.27. The maximum atomic E-state index is 12.4. The largest absolute Gasteiger partial charge is 0.338 e. The van der Waals surface area contributed by atoms with Crippen LogP contribution in [0.1, 0.15) is 34.3 Å². The number of thioether (sulfide) groups is 1. The summed E-state index contributed by atoms with van der Waals surface area (Å²) >= 11 is 3.20. The van der Waals surface area contributed by atoms with Crippen molar-refractivity contribution < 1.29 is 4.79 Å². The number of aryl methyl sites for hydroxylation is 1. The second-order valence-corrected chi connectivity index (χ2v) is 7.08. The molecular weight excluding hydrogens is 276 g/mol. The zero-order valence-electron chi connectivity index (χ0n) is 11.3.